The highest BCUT2D eigenvalue weighted by atomic mass is 35.5. The number of likely N-dealkylation sites (N-methyl/N-ethyl adjacent to an activating group) is 1. The molecular weight excluding hydrogens is 256 g/mol. The number of carboxylic acid groups (broad SMARTS) is 1. The molecule has 98 valence electrons. The number of hydrogen-bond donors (Lipinski definition) is 2. The third-order valence-electron chi connectivity index (χ3n) is 3.25. The molecule has 0 saturated heterocycles. The third-order valence-corrected chi connectivity index (χ3v) is 3.67. The van der Waals surface area contributed by atoms with Crippen molar-refractivity contribution in [1.29, 1.82) is 0 Å². The van der Waals surface area contributed by atoms with Crippen molar-refractivity contribution in [3.8, 4) is 5.75 Å². The lowest BCUT2D eigenvalue weighted by atomic mass is 9.86. The summed E-state index contributed by atoms with van der Waals surface area (Å²) in [6.45, 7) is 0.248. The van der Waals surface area contributed by atoms with Gasteiger partial charge >= 0.3 is 5.97 Å². The van der Waals surface area contributed by atoms with Gasteiger partial charge < -0.3 is 20.5 Å². The summed E-state index contributed by atoms with van der Waals surface area (Å²) in [4.78, 5) is 13.1. The van der Waals surface area contributed by atoms with Crippen LogP contribution in [0.3, 0.4) is 0 Å². The van der Waals surface area contributed by atoms with E-state index in [-0.39, 0.29) is 13.0 Å². The molecule has 5 nitrogen and oxygen atoms in total. The molecule has 18 heavy (non-hydrogen) atoms. The van der Waals surface area contributed by atoms with Crippen LogP contribution in [0.25, 0.3) is 0 Å². The Morgan fingerprint density at radius 3 is 2.83 bits per heavy atom. The van der Waals surface area contributed by atoms with Gasteiger partial charge in [0.15, 0.2) is 0 Å². The smallest absolute Gasteiger partial charge is 0.325 e. The number of methoxy groups -OCH3 is 1. The average molecular weight is 271 g/mol. The van der Waals surface area contributed by atoms with Crippen LogP contribution in [0.2, 0.25) is 5.02 Å². The van der Waals surface area contributed by atoms with E-state index in [9.17, 15) is 9.90 Å². The third kappa shape index (κ3) is 1.89. The number of benzene rings is 1. The van der Waals surface area contributed by atoms with Gasteiger partial charge in [0, 0.05) is 31.3 Å². The molecule has 0 fully saturated rings. The second-order valence-corrected chi connectivity index (χ2v) is 4.95. The molecule has 1 aromatic rings. The number of hydrogen-bond acceptors (Lipinski definition) is 4. The Hall–Kier alpha value is -1.46. The van der Waals surface area contributed by atoms with E-state index in [2.05, 4.69) is 0 Å². The number of nitrogens with zero attached hydrogens (tertiary/aromatic N) is 1. The number of anilines is 1. The molecule has 1 unspecified atom stereocenters. The Bertz CT molecular complexity index is 506. The maximum atomic E-state index is 11.3. The van der Waals surface area contributed by atoms with E-state index in [1.165, 1.54) is 7.11 Å². The van der Waals surface area contributed by atoms with Gasteiger partial charge in [-0.25, -0.2) is 0 Å². The first-order chi connectivity index (χ1) is 8.39. The number of halogens is 1. The summed E-state index contributed by atoms with van der Waals surface area (Å²) in [6, 6.07) is 3.63. The molecule has 6 heteroatoms. The van der Waals surface area contributed by atoms with Gasteiger partial charge in [-0.05, 0) is 12.1 Å². The monoisotopic (exact) mass is 270 g/mol. The van der Waals surface area contributed by atoms with Crippen molar-refractivity contribution in [3.63, 3.8) is 0 Å². The molecule has 1 atom stereocenters. The average Bonchev–Trinajstić information content (AvgIpc) is 2.30. The number of rotatable bonds is 2. The molecule has 0 aromatic heterocycles. The van der Waals surface area contributed by atoms with Crippen LogP contribution in [0, 0.1) is 0 Å². The minimum atomic E-state index is -1.32. The zero-order valence-corrected chi connectivity index (χ0v) is 11.0. The van der Waals surface area contributed by atoms with E-state index in [0.717, 1.165) is 11.3 Å². The molecule has 0 spiro atoms. The van der Waals surface area contributed by atoms with Crippen LogP contribution in [0.1, 0.15) is 5.56 Å². The van der Waals surface area contributed by atoms with Crippen molar-refractivity contribution in [2.45, 2.75) is 12.0 Å². The molecule has 0 aliphatic carbocycles. The second-order valence-electron chi connectivity index (χ2n) is 4.57. The Morgan fingerprint density at radius 1 is 1.61 bits per heavy atom. The highest BCUT2D eigenvalue weighted by Gasteiger charge is 2.41. The maximum Gasteiger partial charge on any atom is 0.325 e. The Balaban J connectivity index is 2.54. The summed E-state index contributed by atoms with van der Waals surface area (Å²) in [7, 11) is 3.32. The van der Waals surface area contributed by atoms with E-state index in [0.29, 0.717) is 10.8 Å². The predicted octanol–water partition coefficient (Wildman–Crippen LogP) is 1.12. The quantitative estimate of drug-likeness (QED) is 0.842. The lowest BCUT2D eigenvalue weighted by Gasteiger charge is -2.38. The zero-order valence-electron chi connectivity index (χ0n) is 10.2. The van der Waals surface area contributed by atoms with E-state index in [1.54, 1.807) is 18.0 Å². The Morgan fingerprint density at radius 2 is 2.28 bits per heavy atom. The van der Waals surface area contributed by atoms with Gasteiger partial charge in [0.25, 0.3) is 0 Å². The van der Waals surface area contributed by atoms with Gasteiger partial charge in [-0.3, -0.25) is 4.79 Å². The van der Waals surface area contributed by atoms with Gasteiger partial charge in [0.05, 0.1) is 12.1 Å². The van der Waals surface area contributed by atoms with Crippen LogP contribution in [-0.2, 0) is 11.2 Å². The lowest BCUT2D eigenvalue weighted by molar-refractivity contribution is -0.143. The van der Waals surface area contributed by atoms with Crippen LogP contribution < -0.4 is 15.4 Å². The predicted molar refractivity (Wildman–Crippen MR) is 69.5 cm³/mol. The van der Waals surface area contributed by atoms with Crippen LogP contribution >= 0.6 is 11.6 Å². The van der Waals surface area contributed by atoms with E-state index < -0.39 is 11.5 Å². The second kappa shape index (κ2) is 4.33. The summed E-state index contributed by atoms with van der Waals surface area (Å²) in [5, 5.41) is 9.66. The number of ether oxygens (including phenoxy) is 1. The Kier molecular flexibility index (Phi) is 3.12. The summed E-state index contributed by atoms with van der Waals surface area (Å²) >= 11 is 6.22. The van der Waals surface area contributed by atoms with Crippen molar-refractivity contribution < 1.29 is 14.6 Å². The number of nitrogens with two attached hydrogens (primary N) is 1. The molecule has 1 aliphatic rings. The summed E-state index contributed by atoms with van der Waals surface area (Å²) in [5.74, 6) is -0.502. The van der Waals surface area contributed by atoms with Crippen molar-refractivity contribution in [2.24, 2.45) is 5.73 Å². The minimum absolute atomic E-state index is 0.192. The van der Waals surface area contributed by atoms with E-state index in [4.69, 9.17) is 22.1 Å². The molecule has 1 aliphatic heterocycles. The fourth-order valence-corrected chi connectivity index (χ4v) is 2.60. The first kappa shape index (κ1) is 13.0. The topological polar surface area (TPSA) is 75.8 Å². The number of carbonyl (C=O) groups is 1. The molecule has 0 bridgehead atoms. The maximum absolute atomic E-state index is 11.3. The molecule has 1 aromatic carbocycles. The largest absolute Gasteiger partial charge is 0.495 e. The lowest BCUT2D eigenvalue weighted by Crippen LogP contribution is -2.59. The van der Waals surface area contributed by atoms with Crippen molar-refractivity contribution in [3.05, 3.63) is 22.7 Å². The molecular formula is C12H15ClN2O3. The van der Waals surface area contributed by atoms with Gasteiger partial charge in [-0.15, -0.1) is 0 Å². The van der Waals surface area contributed by atoms with Crippen molar-refractivity contribution >= 4 is 23.3 Å². The Labute approximate surface area is 110 Å². The van der Waals surface area contributed by atoms with Crippen LogP contribution in [0.5, 0.6) is 5.75 Å². The highest BCUT2D eigenvalue weighted by Crippen LogP contribution is 2.39. The molecule has 3 N–H and O–H groups in total. The number of carboxylic acids is 1. The van der Waals surface area contributed by atoms with Gasteiger partial charge in [-0.2, -0.15) is 0 Å². The molecule has 0 amide bonds. The van der Waals surface area contributed by atoms with Crippen molar-refractivity contribution in [1.82, 2.24) is 0 Å². The summed E-state index contributed by atoms with van der Waals surface area (Å²) < 4.78 is 5.14. The number of aliphatic carboxylic acids is 1. The minimum Gasteiger partial charge on any atom is -0.495 e. The fraction of sp³-hybridized carbons (Fsp3) is 0.417. The van der Waals surface area contributed by atoms with E-state index >= 15 is 0 Å². The number of fused-ring (bicyclic) bond motifs is 1. The molecule has 0 saturated carbocycles. The van der Waals surface area contributed by atoms with E-state index in [1.807, 2.05) is 6.07 Å². The van der Waals surface area contributed by atoms with Gasteiger partial charge in [0.1, 0.15) is 11.3 Å². The standard InChI is InChI=1S/C12H15ClN2O3/c1-15-6-12(14,11(16)17)5-7-8(15)3-4-9(18-2)10(7)13/h3-4H,5-6,14H2,1-2H3,(H,16,17). The molecule has 0 radical (unpaired) electrons. The fourth-order valence-electron chi connectivity index (χ4n) is 2.30. The van der Waals surface area contributed by atoms with Gasteiger partial charge in [0.2, 0.25) is 0 Å². The normalized spacial score (nSPS) is 22.6. The first-order valence-corrected chi connectivity index (χ1v) is 5.85. The highest BCUT2D eigenvalue weighted by molar-refractivity contribution is 6.33. The SMILES string of the molecule is COc1ccc2c(c1Cl)CC(N)(C(=O)O)CN2C. The summed E-state index contributed by atoms with van der Waals surface area (Å²) in [6.07, 6.45) is 0.192. The van der Waals surface area contributed by atoms with Crippen LogP contribution in [-0.4, -0.2) is 37.3 Å². The first-order valence-electron chi connectivity index (χ1n) is 5.48. The molecule has 2 rings (SSSR count). The van der Waals surface area contributed by atoms with Crippen LogP contribution in [0.4, 0.5) is 5.69 Å². The van der Waals surface area contributed by atoms with Gasteiger partial charge in [-0.1, -0.05) is 11.6 Å². The summed E-state index contributed by atoms with van der Waals surface area (Å²) in [5.41, 5.74) is 6.21. The zero-order chi connectivity index (χ0) is 13.5. The van der Waals surface area contributed by atoms with Crippen LogP contribution in [0.15, 0.2) is 12.1 Å². The molecule has 1 heterocycles. The van der Waals surface area contributed by atoms with Crippen molar-refractivity contribution in [2.75, 3.05) is 25.6 Å².